The molecule has 3 aromatic rings. The van der Waals surface area contributed by atoms with E-state index in [-0.39, 0.29) is 10.9 Å². The summed E-state index contributed by atoms with van der Waals surface area (Å²) in [7, 11) is 0. The molecule has 1 amide bonds. The van der Waals surface area contributed by atoms with E-state index in [0.717, 1.165) is 16.5 Å². The molecular formula is C23H23ClFN5O. The van der Waals surface area contributed by atoms with Gasteiger partial charge in [0.2, 0.25) is 5.91 Å². The van der Waals surface area contributed by atoms with Gasteiger partial charge in [-0.1, -0.05) is 37.6 Å². The molecule has 2 heterocycles. The number of nitrogens with one attached hydrogen (secondary N) is 2. The van der Waals surface area contributed by atoms with Crippen molar-refractivity contribution in [2.45, 2.75) is 26.3 Å². The van der Waals surface area contributed by atoms with Crippen LogP contribution in [0.1, 0.15) is 19.4 Å². The van der Waals surface area contributed by atoms with Gasteiger partial charge in [0, 0.05) is 36.3 Å². The highest BCUT2D eigenvalue weighted by Gasteiger charge is 2.26. The van der Waals surface area contributed by atoms with Crippen molar-refractivity contribution in [3.8, 4) is 0 Å². The van der Waals surface area contributed by atoms with Crippen LogP contribution < -0.4 is 15.5 Å². The Bertz CT molecular complexity index is 1160. The van der Waals surface area contributed by atoms with E-state index in [0.29, 0.717) is 42.7 Å². The van der Waals surface area contributed by atoms with Gasteiger partial charge < -0.3 is 15.5 Å². The van der Waals surface area contributed by atoms with Gasteiger partial charge in [0.25, 0.3) is 0 Å². The topological polar surface area (TPSA) is 70.1 Å². The van der Waals surface area contributed by atoms with Crippen LogP contribution in [0.2, 0.25) is 5.02 Å². The molecule has 160 valence electrons. The molecule has 0 atom stereocenters. The molecule has 2 aromatic carbocycles. The lowest BCUT2D eigenvalue weighted by Gasteiger charge is -2.31. The van der Waals surface area contributed by atoms with E-state index in [9.17, 15) is 9.18 Å². The van der Waals surface area contributed by atoms with Gasteiger partial charge in [0.05, 0.1) is 16.2 Å². The Morgan fingerprint density at radius 3 is 2.94 bits per heavy atom. The van der Waals surface area contributed by atoms with E-state index >= 15 is 0 Å². The van der Waals surface area contributed by atoms with Crippen molar-refractivity contribution in [3.05, 3.63) is 65.2 Å². The second kappa shape index (κ2) is 8.99. The zero-order valence-corrected chi connectivity index (χ0v) is 18.1. The van der Waals surface area contributed by atoms with E-state index in [4.69, 9.17) is 11.6 Å². The number of benzene rings is 2. The summed E-state index contributed by atoms with van der Waals surface area (Å²) in [5.41, 5.74) is 2.75. The van der Waals surface area contributed by atoms with Crippen LogP contribution in [-0.4, -0.2) is 35.0 Å². The van der Waals surface area contributed by atoms with Crippen molar-refractivity contribution in [2.75, 3.05) is 23.3 Å². The number of carbonyl (C=O) groups is 1. The van der Waals surface area contributed by atoms with Crippen LogP contribution >= 0.6 is 11.6 Å². The first-order valence-corrected chi connectivity index (χ1v) is 10.5. The molecule has 6 nitrogen and oxygen atoms in total. The van der Waals surface area contributed by atoms with Crippen molar-refractivity contribution < 1.29 is 9.18 Å². The first-order chi connectivity index (χ1) is 15.0. The predicted molar refractivity (Wildman–Crippen MR) is 123 cm³/mol. The Morgan fingerprint density at radius 1 is 1.29 bits per heavy atom. The molecule has 0 spiro atoms. The average Bonchev–Trinajstić information content (AvgIpc) is 2.75. The first-order valence-electron chi connectivity index (χ1n) is 10.1. The SMILES string of the molecule is CC(C)NC/C=C/C(=O)Nc1ccc2ncnc3c2c1CCN3c1cccc(Cl)c1F. The molecule has 0 saturated heterocycles. The van der Waals surface area contributed by atoms with Gasteiger partial charge in [-0.25, -0.2) is 14.4 Å². The highest BCUT2D eigenvalue weighted by atomic mass is 35.5. The number of amides is 1. The fourth-order valence-corrected chi connectivity index (χ4v) is 3.86. The van der Waals surface area contributed by atoms with Crippen LogP contribution in [0.15, 0.2) is 48.8 Å². The number of anilines is 3. The Morgan fingerprint density at radius 2 is 2.13 bits per heavy atom. The highest BCUT2D eigenvalue weighted by molar-refractivity contribution is 6.31. The summed E-state index contributed by atoms with van der Waals surface area (Å²) in [5.74, 6) is -0.0907. The standard InChI is InChI=1S/C23H23ClFN5O/c1-14(2)26-11-4-7-20(31)29-17-8-9-18-21-15(17)10-12-30(23(21)28-13-27-18)19-6-3-5-16(24)22(19)25/h3-9,13-14,26H,10-12H2,1-2H3,(H,29,31)/b7-4+. The molecule has 1 aromatic heterocycles. The molecule has 8 heteroatoms. The third-order valence-corrected chi connectivity index (χ3v) is 5.42. The summed E-state index contributed by atoms with van der Waals surface area (Å²) in [6, 6.07) is 8.95. The van der Waals surface area contributed by atoms with Gasteiger partial charge in [-0.05, 0) is 36.2 Å². The van der Waals surface area contributed by atoms with Crippen molar-refractivity contribution in [1.82, 2.24) is 15.3 Å². The van der Waals surface area contributed by atoms with Crippen molar-refractivity contribution in [1.29, 1.82) is 0 Å². The van der Waals surface area contributed by atoms with Crippen molar-refractivity contribution >= 4 is 45.6 Å². The van der Waals surface area contributed by atoms with Crippen LogP contribution in [0.5, 0.6) is 0 Å². The molecule has 1 aliphatic rings. The highest BCUT2D eigenvalue weighted by Crippen LogP contribution is 2.40. The van der Waals surface area contributed by atoms with Gasteiger partial charge in [-0.2, -0.15) is 0 Å². The van der Waals surface area contributed by atoms with E-state index in [1.165, 1.54) is 18.5 Å². The van der Waals surface area contributed by atoms with Crippen LogP contribution in [-0.2, 0) is 11.2 Å². The van der Waals surface area contributed by atoms with Crippen molar-refractivity contribution in [3.63, 3.8) is 0 Å². The summed E-state index contributed by atoms with van der Waals surface area (Å²) in [6.07, 6.45) is 5.37. The fourth-order valence-electron chi connectivity index (χ4n) is 3.69. The van der Waals surface area contributed by atoms with Gasteiger partial charge >= 0.3 is 0 Å². The van der Waals surface area contributed by atoms with Gasteiger partial charge in [0.1, 0.15) is 12.1 Å². The lowest BCUT2D eigenvalue weighted by molar-refractivity contribution is -0.111. The Balaban J connectivity index is 1.68. The molecule has 0 bridgehead atoms. The summed E-state index contributed by atoms with van der Waals surface area (Å²) in [4.78, 5) is 23.0. The summed E-state index contributed by atoms with van der Waals surface area (Å²) >= 11 is 6.00. The maximum Gasteiger partial charge on any atom is 0.248 e. The monoisotopic (exact) mass is 439 g/mol. The van der Waals surface area contributed by atoms with Gasteiger partial charge in [-0.3, -0.25) is 4.79 Å². The molecule has 0 radical (unpaired) electrons. The summed E-state index contributed by atoms with van der Waals surface area (Å²) in [6.45, 7) is 5.21. The maximum absolute atomic E-state index is 14.7. The predicted octanol–water partition coefficient (Wildman–Crippen LogP) is 4.61. The quantitative estimate of drug-likeness (QED) is 0.549. The average molecular weight is 440 g/mol. The second-order valence-electron chi connectivity index (χ2n) is 7.61. The molecule has 0 aliphatic carbocycles. The number of halogens is 2. The van der Waals surface area contributed by atoms with Gasteiger partial charge in [-0.15, -0.1) is 0 Å². The minimum Gasteiger partial charge on any atom is -0.323 e. The Kier molecular flexibility index (Phi) is 6.15. The Hall–Kier alpha value is -3.03. The minimum absolute atomic E-state index is 0.0633. The molecule has 2 N–H and O–H groups in total. The Labute approximate surface area is 185 Å². The number of hydrogen-bond acceptors (Lipinski definition) is 5. The number of nitrogens with zero attached hydrogens (tertiary/aromatic N) is 3. The maximum atomic E-state index is 14.7. The molecule has 4 rings (SSSR count). The molecular weight excluding hydrogens is 417 g/mol. The van der Waals surface area contributed by atoms with Crippen LogP contribution in [0, 0.1) is 5.82 Å². The molecule has 0 saturated carbocycles. The third-order valence-electron chi connectivity index (χ3n) is 5.13. The zero-order valence-electron chi connectivity index (χ0n) is 17.3. The lowest BCUT2D eigenvalue weighted by atomic mass is 9.98. The minimum atomic E-state index is -0.482. The fraction of sp³-hybridized carbons (Fsp3) is 0.261. The number of aromatic nitrogens is 2. The normalized spacial score (nSPS) is 13.4. The summed E-state index contributed by atoms with van der Waals surface area (Å²) in [5, 5.41) is 7.05. The largest absolute Gasteiger partial charge is 0.323 e. The number of hydrogen-bond donors (Lipinski definition) is 2. The molecule has 1 aliphatic heterocycles. The van der Waals surface area contributed by atoms with Crippen LogP contribution in [0.4, 0.5) is 21.6 Å². The van der Waals surface area contributed by atoms with E-state index < -0.39 is 5.82 Å². The smallest absolute Gasteiger partial charge is 0.248 e. The van der Waals surface area contributed by atoms with E-state index in [1.807, 2.05) is 26.0 Å². The third kappa shape index (κ3) is 4.38. The zero-order chi connectivity index (χ0) is 22.0. The van der Waals surface area contributed by atoms with E-state index in [2.05, 4.69) is 20.6 Å². The number of carbonyl (C=O) groups excluding carboxylic acids is 1. The lowest BCUT2D eigenvalue weighted by Crippen LogP contribution is -2.27. The summed E-state index contributed by atoms with van der Waals surface area (Å²) < 4.78 is 14.7. The second-order valence-corrected chi connectivity index (χ2v) is 8.02. The van der Waals surface area contributed by atoms with Crippen LogP contribution in [0.25, 0.3) is 10.9 Å². The molecule has 0 fully saturated rings. The molecule has 0 unspecified atom stereocenters. The van der Waals surface area contributed by atoms with Gasteiger partial charge in [0.15, 0.2) is 5.82 Å². The van der Waals surface area contributed by atoms with Crippen molar-refractivity contribution in [2.24, 2.45) is 0 Å². The van der Waals surface area contributed by atoms with Crippen LogP contribution in [0.3, 0.4) is 0 Å². The number of rotatable bonds is 6. The van der Waals surface area contributed by atoms with E-state index in [1.54, 1.807) is 23.1 Å². The molecule has 31 heavy (non-hydrogen) atoms. The first kappa shape index (κ1) is 21.2.